The van der Waals surface area contributed by atoms with Crippen LogP contribution in [0.4, 0.5) is 0 Å². The summed E-state index contributed by atoms with van der Waals surface area (Å²) >= 11 is 0. The van der Waals surface area contributed by atoms with Gasteiger partial charge in [0.2, 0.25) is 0 Å². The number of aromatic nitrogens is 2. The molecule has 1 heterocycles. The molecule has 0 spiro atoms. The normalized spacial score (nSPS) is 27.4. The van der Waals surface area contributed by atoms with E-state index in [2.05, 4.69) is 15.5 Å². The molecule has 0 bridgehead atoms. The lowest BCUT2D eigenvalue weighted by atomic mass is 10.0. The first-order valence-corrected chi connectivity index (χ1v) is 6.84. The molecule has 4 N–H and O–H groups in total. The Labute approximate surface area is 107 Å². The lowest BCUT2D eigenvalue weighted by molar-refractivity contribution is 0.0923. The topological polar surface area (TPSA) is 83.8 Å². The quantitative estimate of drug-likeness (QED) is 0.747. The van der Waals surface area contributed by atoms with Gasteiger partial charge in [0.25, 0.3) is 5.91 Å². The molecule has 18 heavy (non-hydrogen) atoms. The van der Waals surface area contributed by atoms with Gasteiger partial charge in [-0.3, -0.25) is 9.89 Å². The van der Waals surface area contributed by atoms with Crippen molar-refractivity contribution in [2.75, 3.05) is 6.54 Å². The van der Waals surface area contributed by atoms with Crippen molar-refractivity contribution in [1.82, 2.24) is 15.5 Å². The molecule has 0 aromatic carbocycles. The Morgan fingerprint density at radius 1 is 1.44 bits per heavy atom. The maximum absolute atomic E-state index is 12.1. The fourth-order valence-corrected chi connectivity index (χ4v) is 2.81. The van der Waals surface area contributed by atoms with E-state index in [1.54, 1.807) is 0 Å². The van der Waals surface area contributed by atoms with Crippen molar-refractivity contribution >= 4 is 5.91 Å². The van der Waals surface area contributed by atoms with E-state index in [0.29, 0.717) is 24.1 Å². The maximum atomic E-state index is 12.1. The maximum Gasteiger partial charge on any atom is 0.272 e. The fourth-order valence-electron chi connectivity index (χ4n) is 2.81. The Hall–Kier alpha value is -1.36. The molecule has 5 heteroatoms. The van der Waals surface area contributed by atoms with Gasteiger partial charge in [0.1, 0.15) is 5.69 Å². The number of rotatable bonds is 4. The van der Waals surface area contributed by atoms with Crippen LogP contribution in [0.2, 0.25) is 0 Å². The van der Waals surface area contributed by atoms with E-state index in [4.69, 9.17) is 5.73 Å². The molecule has 2 unspecified atom stereocenters. The predicted molar refractivity (Wildman–Crippen MR) is 68.2 cm³/mol. The molecule has 2 aliphatic rings. The predicted octanol–water partition coefficient (Wildman–Crippen LogP) is 1.14. The molecule has 5 nitrogen and oxygen atoms in total. The summed E-state index contributed by atoms with van der Waals surface area (Å²) in [5, 5.41) is 10.1. The summed E-state index contributed by atoms with van der Waals surface area (Å²) < 4.78 is 0. The number of amides is 1. The fraction of sp³-hybridized carbons (Fsp3) is 0.692. The smallest absolute Gasteiger partial charge is 0.272 e. The third kappa shape index (κ3) is 2.27. The van der Waals surface area contributed by atoms with Crippen LogP contribution in [-0.4, -0.2) is 28.7 Å². The third-order valence-corrected chi connectivity index (χ3v) is 4.13. The van der Waals surface area contributed by atoms with Crippen molar-refractivity contribution < 1.29 is 4.79 Å². The molecular weight excluding hydrogens is 228 g/mol. The minimum atomic E-state index is -0.0662. The zero-order chi connectivity index (χ0) is 12.5. The van der Waals surface area contributed by atoms with Gasteiger partial charge in [-0.1, -0.05) is 6.42 Å². The highest BCUT2D eigenvalue weighted by Crippen LogP contribution is 2.39. The molecule has 2 fully saturated rings. The van der Waals surface area contributed by atoms with Crippen LogP contribution in [0, 0.1) is 5.92 Å². The molecule has 0 saturated heterocycles. The largest absolute Gasteiger partial charge is 0.348 e. The van der Waals surface area contributed by atoms with Gasteiger partial charge < -0.3 is 11.1 Å². The summed E-state index contributed by atoms with van der Waals surface area (Å²) in [4.78, 5) is 12.1. The zero-order valence-corrected chi connectivity index (χ0v) is 10.5. The summed E-state index contributed by atoms with van der Waals surface area (Å²) in [7, 11) is 0. The number of hydrogen-bond donors (Lipinski definition) is 3. The van der Waals surface area contributed by atoms with Crippen LogP contribution < -0.4 is 11.1 Å². The minimum absolute atomic E-state index is 0.0662. The van der Waals surface area contributed by atoms with Crippen LogP contribution in [0.15, 0.2) is 6.07 Å². The molecular formula is C13H20N4O. The van der Waals surface area contributed by atoms with Gasteiger partial charge in [0, 0.05) is 17.7 Å². The van der Waals surface area contributed by atoms with E-state index >= 15 is 0 Å². The molecule has 0 aliphatic heterocycles. The monoisotopic (exact) mass is 248 g/mol. The molecule has 1 aromatic heterocycles. The van der Waals surface area contributed by atoms with Crippen LogP contribution in [0.3, 0.4) is 0 Å². The summed E-state index contributed by atoms with van der Waals surface area (Å²) in [6.07, 6.45) is 5.73. The number of H-pyrrole nitrogens is 1. The van der Waals surface area contributed by atoms with Crippen molar-refractivity contribution in [3.8, 4) is 0 Å². The number of carbonyl (C=O) groups is 1. The van der Waals surface area contributed by atoms with Crippen LogP contribution >= 0.6 is 0 Å². The Bertz CT molecular complexity index is 438. The minimum Gasteiger partial charge on any atom is -0.348 e. The number of nitrogens with two attached hydrogens (primary N) is 1. The van der Waals surface area contributed by atoms with Crippen LogP contribution in [0.25, 0.3) is 0 Å². The molecule has 98 valence electrons. The van der Waals surface area contributed by atoms with Crippen molar-refractivity contribution in [3.63, 3.8) is 0 Å². The highest BCUT2D eigenvalue weighted by atomic mass is 16.2. The first-order chi connectivity index (χ1) is 8.78. The molecule has 2 aliphatic carbocycles. The Morgan fingerprint density at radius 2 is 2.28 bits per heavy atom. The highest BCUT2D eigenvalue weighted by Gasteiger charge is 2.29. The van der Waals surface area contributed by atoms with E-state index in [-0.39, 0.29) is 11.9 Å². The van der Waals surface area contributed by atoms with E-state index in [0.717, 1.165) is 25.0 Å². The molecule has 1 aromatic rings. The van der Waals surface area contributed by atoms with Crippen molar-refractivity contribution in [2.24, 2.45) is 11.7 Å². The zero-order valence-electron chi connectivity index (χ0n) is 10.5. The van der Waals surface area contributed by atoms with Crippen molar-refractivity contribution in [2.45, 2.75) is 44.1 Å². The average Bonchev–Trinajstić information content (AvgIpc) is 2.93. The summed E-state index contributed by atoms with van der Waals surface area (Å²) in [6.45, 7) is 0.652. The first-order valence-electron chi connectivity index (χ1n) is 6.84. The SMILES string of the molecule is NCC1CCCC1NC(=O)c1cc(C2CC2)[nH]n1. The number of carbonyl (C=O) groups excluding carboxylic acids is 1. The highest BCUT2D eigenvalue weighted by molar-refractivity contribution is 5.92. The third-order valence-electron chi connectivity index (χ3n) is 4.13. The van der Waals surface area contributed by atoms with Crippen molar-refractivity contribution in [3.05, 3.63) is 17.5 Å². The second kappa shape index (κ2) is 4.72. The van der Waals surface area contributed by atoms with Gasteiger partial charge >= 0.3 is 0 Å². The Morgan fingerprint density at radius 3 is 3.00 bits per heavy atom. The van der Waals surface area contributed by atoms with E-state index in [9.17, 15) is 4.79 Å². The van der Waals surface area contributed by atoms with Gasteiger partial charge in [-0.2, -0.15) is 5.10 Å². The first kappa shape index (κ1) is 11.7. The molecule has 0 radical (unpaired) electrons. The number of aromatic amines is 1. The number of nitrogens with zero attached hydrogens (tertiary/aromatic N) is 1. The molecule has 2 atom stereocenters. The molecule has 1 amide bonds. The summed E-state index contributed by atoms with van der Waals surface area (Å²) in [6, 6.07) is 2.11. The van der Waals surface area contributed by atoms with E-state index < -0.39 is 0 Å². The second-order valence-corrected chi connectivity index (χ2v) is 5.49. The van der Waals surface area contributed by atoms with E-state index in [1.165, 1.54) is 12.8 Å². The number of nitrogens with one attached hydrogen (secondary N) is 2. The second-order valence-electron chi connectivity index (χ2n) is 5.49. The van der Waals surface area contributed by atoms with Crippen LogP contribution in [0.5, 0.6) is 0 Å². The standard InChI is InChI=1S/C13H20N4O/c14-7-9-2-1-3-10(9)15-13(18)12-6-11(16-17-12)8-4-5-8/h6,8-10H,1-5,7,14H2,(H,15,18)(H,16,17). The lowest BCUT2D eigenvalue weighted by Gasteiger charge is -2.18. The van der Waals surface area contributed by atoms with Gasteiger partial charge in [-0.05, 0) is 44.2 Å². The van der Waals surface area contributed by atoms with Gasteiger partial charge in [0.05, 0.1) is 0 Å². The van der Waals surface area contributed by atoms with Gasteiger partial charge in [0.15, 0.2) is 0 Å². The summed E-state index contributed by atoms with van der Waals surface area (Å²) in [5.74, 6) is 0.960. The molecule has 3 rings (SSSR count). The Kier molecular flexibility index (Phi) is 3.07. The van der Waals surface area contributed by atoms with E-state index in [1.807, 2.05) is 6.07 Å². The number of hydrogen-bond acceptors (Lipinski definition) is 3. The average molecular weight is 248 g/mol. The van der Waals surface area contributed by atoms with Gasteiger partial charge in [-0.15, -0.1) is 0 Å². The van der Waals surface area contributed by atoms with Crippen molar-refractivity contribution in [1.29, 1.82) is 0 Å². The van der Waals surface area contributed by atoms with Crippen LogP contribution in [0.1, 0.15) is 54.2 Å². The lowest BCUT2D eigenvalue weighted by Crippen LogP contribution is -2.40. The van der Waals surface area contributed by atoms with Crippen LogP contribution in [-0.2, 0) is 0 Å². The van der Waals surface area contributed by atoms with Gasteiger partial charge in [-0.25, -0.2) is 0 Å². The summed E-state index contributed by atoms with van der Waals surface area (Å²) in [5.41, 5.74) is 7.33. The Balaban J connectivity index is 1.62. The molecule has 2 saturated carbocycles.